The summed E-state index contributed by atoms with van der Waals surface area (Å²) in [7, 11) is 0. The predicted molar refractivity (Wildman–Crippen MR) is 102 cm³/mol. The summed E-state index contributed by atoms with van der Waals surface area (Å²) in [5.74, 6) is -151. The van der Waals surface area contributed by atoms with Crippen molar-refractivity contribution in [3.05, 3.63) is 0 Å². The van der Waals surface area contributed by atoms with Crippen molar-refractivity contribution < 1.29 is 172 Å². The van der Waals surface area contributed by atoms with E-state index in [0.717, 1.165) is 0 Å². The van der Waals surface area contributed by atoms with Crippen molar-refractivity contribution in [3.8, 4) is 0 Å². The van der Waals surface area contributed by atoms with E-state index in [0.29, 0.717) is 0 Å². The van der Waals surface area contributed by atoms with E-state index in [1.165, 1.54) is 0 Å². The van der Waals surface area contributed by atoms with E-state index in [4.69, 9.17) is 5.11 Å². The van der Waals surface area contributed by atoms with Gasteiger partial charge in [0.05, 0.1) is 0 Å². The van der Waals surface area contributed by atoms with Crippen molar-refractivity contribution in [3.63, 3.8) is 0 Å². The Bertz CT molecular complexity index is 1500. The summed E-state index contributed by atoms with van der Waals surface area (Å²) in [6, 6.07) is 0. The van der Waals surface area contributed by atoms with Gasteiger partial charge < -0.3 is 5.11 Å². The molecule has 0 heterocycles. The molecule has 0 aromatic carbocycles. The minimum atomic E-state index is -9.96. The molecular formula is C20H4F38O. The van der Waals surface area contributed by atoms with Crippen LogP contribution in [0.25, 0.3) is 0 Å². The Labute approximate surface area is 293 Å². The van der Waals surface area contributed by atoms with Crippen LogP contribution in [0.2, 0.25) is 0 Å². The Hall–Kier alpha value is -2.70. The van der Waals surface area contributed by atoms with Crippen LogP contribution in [0.1, 0.15) is 6.42 Å². The molecule has 59 heavy (non-hydrogen) atoms. The van der Waals surface area contributed by atoms with Gasteiger partial charge in [-0.15, -0.1) is 0 Å². The topological polar surface area (TPSA) is 20.2 Å². The highest BCUT2D eigenvalue weighted by Gasteiger charge is 2.99. The molecule has 0 aromatic rings. The Morgan fingerprint density at radius 2 is 0.373 bits per heavy atom. The van der Waals surface area contributed by atoms with E-state index in [9.17, 15) is 167 Å². The molecule has 1 nitrogen and oxygen atoms in total. The highest BCUT2D eigenvalue weighted by atomic mass is 19.4. The number of aliphatic hydroxyl groups is 1. The first-order valence-corrected chi connectivity index (χ1v) is 12.5. The molecule has 0 spiro atoms. The van der Waals surface area contributed by atoms with Crippen LogP contribution >= 0.6 is 0 Å². The Morgan fingerprint density at radius 1 is 0.220 bits per heavy atom. The predicted octanol–water partition coefficient (Wildman–Crippen LogP) is 12.0. The van der Waals surface area contributed by atoms with Gasteiger partial charge in [-0.3, -0.25) is 0 Å². The molecule has 0 radical (unpaired) electrons. The molecule has 39 heteroatoms. The van der Waals surface area contributed by atoms with Gasteiger partial charge in [-0.05, 0) is 0 Å². The largest absolute Gasteiger partial charge is 0.460 e. The highest BCUT2D eigenvalue weighted by molar-refractivity contribution is 5.20. The number of halogens is 38. The maximum Gasteiger partial charge on any atom is 0.460 e. The summed E-state index contributed by atoms with van der Waals surface area (Å²) in [5.41, 5.74) is 0. The van der Waals surface area contributed by atoms with Crippen molar-refractivity contribution in [2.75, 3.05) is 0 Å². The SMILES string of the molecule is OC(CC(F)(F)C(F)(F)C(F)(F)C(F)(F)C(F)(F)C(F)(F)C(F)(F)C(F)(F)F)C(F)(F)C(F)(F)C(F)(F)C(F)(F)C(F)(F)C(F)(F)C(F)(F)C(F)(F)C(F)(F)C(F)(F)F. The van der Waals surface area contributed by atoms with Gasteiger partial charge in [0.1, 0.15) is 6.10 Å². The van der Waals surface area contributed by atoms with Crippen LogP contribution in [-0.2, 0) is 0 Å². The molecule has 0 rings (SSSR count). The third-order valence-corrected chi connectivity index (χ3v) is 7.19. The monoisotopic (exact) mass is 982 g/mol. The molecule has 0 aliphatic rings. The van der Waals surface area contributed by atoms with Crippen LogP contribution in [0.4, 0.5) is 167 Å². The van der Waals surface area contributed by atoms with Gasteiger partial charge in [0.15, 0.2) is 0 Å². The van der Waals surface area contributed by atoms with E-state index >= 15 is 0 Å². The number of hydrogen-bond donors (Lipinski definition) is 1. The second-order valence-electron chi connectivity index (χ2n) is 11.1. The Balaban J connectivity index is 7.43. The molecule has 1 N–H and O–H groups in total. The van der Waals surface area contributed by atoms with Gasteiger partial charge in [-0.25, -0.2) is 0 Å². The summed E-state index contributed by atoms with van der Waals surface area (Å²) in [6.07, 6.45) is -28.9. The molecule has 1 atom stereocenters. The smallest absolute Gasteiger partial charge is 0.386 e. The number of alkyl halides is 38. The summed E-state index contributed by atoms with van der Waals surface area (Å²) in [6.45, 7) is 0. The van der Waals surface area contributed by atoms with Crippen molar-refractivity contribution in [1.82, 2.24) is 0 Å². The first-order chi connectivity index (χ1) is 24.6. The van der Waals surface area contributed by atoms with Gasteiger partial charge in [0.2, 0.25) is 0 Å². The number of aliphatic hydroxyl groups excluding tert-OH is 1. The highest BCUT2D eigenvalue weighted by Crippen LogP contribution is 2.68. The average Bonchev–Trinajstić information content (AvgIpc) is 2.98. The van der Waals surface area contributed by atoms with E-state index in [-0.39, 0.29) is 0 Å². The molecule has 0 amide bonds. The Morgan fingerprint density at radius 3 is 0.559 bits per heavy atom. The summed E-state index contributed by atoms with van der Waals surface area (Å²) in [4.78, 5) is 0. The zero-order chi connectivity index (χ0) is 49.3. The summed E-state index contributed by atoms with van der Waals surface area (Å²) in [5, 5.41) is 8.67. The van der Waals surface area contributed by atoms with Gasteiger partial charge in [-0.1, -0.05) is 0 Å². The molecule has 0 saturated heterocycles. The first-order valence-electron chi connectivity index (χ1n) is 12.5. The number of hydrogen-bond acceptors (Lipinski definition) is 1. The van der Waals surface area contributed by atoms with Gasteiger partial charge in [0, 0.05) is 6.42 Å². The van der Waals surface area contributed by atoms with Crippen LogP contribution < -0.4 is 0 Å². The van der Waals surface area contributed by atoms with Crippen LogP contribution in [0.3, 0.4) is 0 Å². The molecular weight excluding hydrogens is 978 g/mol. The van der Waals surface area contributed by atoms with Crippen molar-refractivity contribution in [2.45, 2.75) is 120 Å². The number of rotatable bonds is 17. The Kier molecular flexibility index (Phi) is 13.0. The second-order valence-corrected chi connectivity index (χ2v) is 11.1. The standard InChI is InChI=1S/C20H4F38O/c21-3(22,5(25,26)7(29,30)9(33,34)13(41,42)15(45,46)17(49,50)19(53,54)55)1-2(59)4(23,24)6(27,28)8(31,32)10(35,36)11(37,38)12(39,40)14(43,44)16(47,48)18(51,52)20(56,57)58/h2,59H,1H2. The molecule has 0 aliphatic heterocycles. The van der Waals surface area contributed by atoms with Gasteiger partial charge in [-0.2, -0.15) is 167 Å². The lowest BCUT2D eigenvalue weighted by Gasteiger charge is -2.45. The third-order valence-electron chi connectivity index (χ3n) is 7.19. The second kappa shape index (κ2) is 13.6. The van der Waals surface area contributed by atoms with Gasteiger partial charge in [0.25, 0.3) is 0 Å². The maximum absolute atomic E-state index is 14.0. The molecule has 0 aromatic heterocycles. The van der Waals surface area contributed by atoms with E-state index in [1.807, 2.05) is 0 Å². The van der Waals surface area contributed by atoms with E-state index in [1.54, 1.807) is 0 Å². The van der Waals surface area contributed by atoms with E-state index in [2.05, 4.69) is 0 Å². The fourth-order valence-electron chi connectivity index (χ4n) is 3.48. The summed E-state index contributed by atoms with van der Waals surface area (Å²) < 4.78 is 506. The minimum Gasteiger partial charge on any atom is -0.386 e. The van der Waals surface area contributed by atoms with Gasteiger partial charge >= 0.3 is 107 Å². The van der Waals surface area contributed by atoms with Crippen LogP contribution in [0, 0.1) is 0 Å². The molecule has 0 bridgehead atoms. The van der Waals surface area contributed by atoms with Crippen LogP contribution in [-0.4, -0.2) is 118 Å². The maximum atomic E-state index is 14.0. The molecule has 0 aliphatic carbocycles. The lowest BCUT2D eigenvalue weighted by molar-refractivity contribution is -0.476. The molecule has 0 saturated carbocycles. The molecule has 0 fully saturated rings. The lowest BCUT2D eigenvalue weighted by Crippen LogP contribution is -2.77. The lowest BCUT2D eigenvalue weighted by atomic mass is 9.83. The zero-order valence-corrected chi connectivity index (χ0v) is 25.1. The van der Waals surface area contributed by atoms with Crippen LogP contribution in [0.15, 0.2) is 0 Å². The third kappa shape index (κ3) is 6.77. The van der Waals surface area contributed by atoms with Crippen LogP contribution in [0.5, 0.6) is 0 Å². The fourth-order valence-corrected chi connectivity index (χ4v) is 3.48. The first kappa shape index (κ1) is 56.3. The zero-order valence-electron chi connectivity index (χ0n) is 25.1. The van der Waals surface area contributed by atoms with Crippen molar-refractivity contribution in [1.29, 1.82) is 0 Å². The van der Waals surface area contributed by atoms with Crippen molar-refractivity contribution in [2.24, 2.45) is 0 Å². The normalized spacial score (nSPS) is 17.7. The fraction of sp³-hybridized carbons (Fsp3) is 1.00. The quantitative estimate of drug-likeness (QED) is 0.144. The summed E-state index contributed by atoms with van der Waals surface area (Å²) >= 11 is 0. The van der Waals surface area contributed by atoms with Crippen molar-refractivity contribution >= 4 is 0 Å². The minimum absolute atomic E-state index is 5.47. The van der Waals surface area contributed by atoms with E-state index < -0.39 is 120 Å². The molecule has 356 valence electrons. The average molecular weight is 982 g/mol. The molecule has 1 unspecified atom stereocenters.